The molecule has 1 aliphatic heterocycles. The van der Waals surface area contributed by atoms with Crippen LogP contribution in [0.15, 0.2) is 36.4 Å². The molecule has 1 saturated carbocycles. The van der Waals surface area contributed by atoms with Crippen molar-refractivity contribution in [1.29, 1.82) is 0 Å². The Morgan fingerprint density at radius 2 is 2.00 bits per heavy atom. The fraction of sp³-hybridized carbons (Fsp3) is 0.417. The molecule has 2 amide bonds. The minimum absolute atomic E-state index is 0. The molecular formula is C24H30ClN3O2U. The number of rotatable bonds is 7. The smallest absolute Gasteiger partial charge is 0.523 e. The number of halogens is 1. The van der Waals surface area contributed by atoms with E-state index >= 15 is 0 Å². The number of carbonyl (C=O) groups is 1. The first-order chi connectivity index (χ1) is 14.1. The Morgan fingerprint density at radius 1 is 1.23 bits per heavy atom. The summed E-state index contributed by atoms with van der Waals surface area (Å²) in [4.78, 5) is 14.4. The average molecular weight is 666 g/mol. The van der Waals surface area contributed by atoms with E-state index in [0.717, 1.165) is 28.3 Å². The maximum atomic E-state index is 12.5. The van der Waals surface area contributed by atoms with Crippen molar-refractivity contribution in [3.8, 4) is 5.75 Å². The van der Waals surface area contributed by atoms with Gasteiger partial charge in [-0.2, -0.15) is 17.7 Å². The Morgan fingerprint density at radius 3 is 2.74 bits per heavy atom. The minimum atomic E-state index is -0.0234. The molecule has 2 fully saturated rings. The van der Waals surface area contributed by atoms with E-state index in [4.69, 9.17) is 16.3 Å². The second-order valence-corrected chi connectivity index (χ2v) is 8.28. The summed E-state index contributed by atoms with van der Waals surface area (Å²) in [5, 5.41) is 7.29. The molecule has 2 N–H and O–H groups in total. The molecule has 164 valence electrons. The van der Waals surface area contributed by atoms with E-state index in [1.165, 1.54) is 25.7 Å². The van der Waals surface area contributed by atoms with Crippen LogP contribution in [0.2, 0.25) is 5.02 Å². The first-order valence-electron chi connectivity index (χ1n) is 10.3. The first kappa shape index (κ1) is 25.9. The van der Waals surface area contributed by atoms with Gasteiger partial charge in [0, 0.05) is 24.9 Å². The van der Waals surface area contributed by atoms with Gasteiger partial charge in [0.1, 0.15) is 0 Å². The molecule has 4 rings (SSSR count). The van der Waals surface area contributed by atoms with E-state index in [0.29, 0.717) is 24.9 Å². The van der Waals surface area contributed by atoms with Crippen LogP contribution in [0.4, 0.5) is 10.5 Å². The maximum absolute atomic E-state index is 12.5. The summed E-state index contributed by atoms with van der Waals surface area (Å²) in [5.41, 5.74) is 3.18. The summed E-state index contributed by atoms with van der Waals surface area (Å²) in [7, 11) is 1.64. The monoisotopic (exact) mass is 665 g/mol. The predicted molar refractivity (Wildman–Crippen MR) is 122 cm³/mol. The van der Waals surface area contributed by atoms with E-state index < -0.39 is 0 Å². The average Bonchev–Trinajstić information content (AvgIpc) is 3.36. The van der Waals surface area contributed by atoms with Crippen LogP contribution >= 0.6 is 11.6 Å². The SMILES string of the molecule is COc1[c-]ccc(CC2CNC(=O)N2Cc2ccc(Cl)c(NC3CCCC3)c2)c1.[CH3-].[U+2]. The van der Waals surface area contributed by atoms with Gasteiger partial charge in [-0.05, 0) is 37.0 Å². The summed E-state index contributed by atoms with van der Waals surface area (Å²) in [5.74, 6) is 0.715. The summed E-state index contributed by atoms with van der Waals surface area (Å²) in [6.45, 7) is 1.20. The normalized spacial score (nSPS) is 18.2. The molecule has 1 unspecified atom stereocenters. The number of hydrogen-bond acceptors (Lipinski definition) is 3. The fourth-order valence-electron chi connectivity index (χ4n) is 4.24. The van der Waals surface area contributed by atoms with Crippen LogP contribution in [0.25, 0.3) is 0 Å². The third kappa shape index (κ3) is 6.57. The van der Waals surface area contributed by atoms with Crippen molar-refractivity contribution < 1.29 is 40.6 Å². The largest absolute Gasteiger partial charge is 2.00 e. The van der Waals surface area contributed by atoms with E-state index in [9.17, 15) is 4.79 Å². The molecular weight excluding hydrogens is 636 g/mol. The van der Waals surface area contributed by atoms with Crippen molar-refractivity contribution in [3.63, 3.8) is 0 Å². The Bertz CT molecular complexity index is 874. The van der Waals surface area contributed by atoms with E-state index in [2.05, 4.69) is 22.8 Å². The zero-order valence-electron chi connectivity index (χ0n) is 18.2. The van der Waals surface area contributed by atoms with Crippen molar-refractivity contribution in [3.05, 3.63) is 66.0 Å². The topological polar surface area (TPSA) is 53.6 Å². The molecule has 31 heavy (non-hydrogen) atoms. The molecule has 2 aromatic carbocycles. The van der Waals surface area contributed by atoms with Crippen LogP contribution in [0.5, 0.6) is 5.75 Å². The van der Waals surface area contributed by atoms with Gasteiger partial charge in [0.05, 0.1) is 23.9 Å². The number of methoxy groups -OCH3 is 1. The quantitative estimate of drug-likeness (QED) is 0.406. The van der Waals surface area contributed by atoms with Gasteiger partial charge >= 0.3 is 37.1 Å². The fourth-order valence-corrected chi connectivity index (χ4v) is 4.41. The summed E-state index contributed by atoms with van der Waals surface area (Å²) in [6, 6.07) is 15.5. The molecule has 1 saturated heterocycles. The van der Waals surface area contributed by atoms with Crippen LogP contribution in [0.3, 0.4) is 0 Å². The van der Waals surface area contributed by atoms with Gasteiger partial charge in [-0.15, -0.1) is 12.1 Å². The number of nitrogens with one attached hydrogen (secondary N) is 2. The maximum Gasteiger partial charge on any atom is 2.00 e. The number of nitrogens with zero attached hydrogens (tertiary/aromatic N) is 1. The summed E-state index contributed by atoms with van der Waals surface area (Å²) < 4.78 is 5.27. The number of carbonyl (C=O) groups excluding carboxylic acids is 1. The number of hydrogen-bond donors (Lipinski definition) is 2. The third-order valence-electron chi connectivity index (χ3n) is 5.82. The summed E-state index contributed by atoms with van der Waals surface area (Å²) in [6.07, 6.45) is 5.69. The number of ether oxygens (including phenoxy) is 1. The van der Waals surface area contributed by atoms with Crippen LogP contribution in [-0.2, 0) is 13.0 Å². The van der Waals surface area contributed by atoms with E-state index in [1.54, 1.807) is 7.11 Å². The van der Waals surface area contributed by atoms with Gasteiger partial charge < -0.3 is 27.7 Å². The van der Waals surface area contributed by atoms with Crippen molar-refractivity contribution in [2.24, 2.45) is 0 Å². The van der Waals surface area contributed by atoms with Crippen molar-refractivity contribution in [2.45, 2.75) is 50.7 Å². The van der Waals surface area contributed by atoms with E-state index in [-0.39, 0.29) is 50.6 Å². The van der Waals surface area contributed by atoms with Crippen LogP contribution in [-0.4, -0.2) is 36.7 Å². The van der Waals surface area contributed by atoms with Gasteiger partial charge in [0.15, 0.2) is 0 Å². The Hall–Kier alpha value is -1.35. The van der Waals surface area contributed by atoms with Crippen molar-refractivity contribution in [1.82, 2.24) is 10.2 Å². The van der Waals surface area contributed by atoms with Crippen LogP contribution in [0, 0.1) is 44.6 Å². The Labute approximate surface area is 214 Å². The van der Waals surface area contributed by atoms with Gasteiger partial charge in [0.2, 0.25) is 0 Å². The number of anilines is 1. The molecule has 1 heterocycles. The molecule has 0 radical (unpaired) electrons. The molecule has 1 aliphatic carbocycles. The second kappa shape index (κ2) is 12.0. The summed E-state index contributed by atoms with van der Waals surface area (Å²) >= 11 is 6.41. The zero-order valence-corrected chi connectivity index (χ0v) is 23.1. The first-order valence-corrected chi connectivity index (χ1v) is 10.6. The van der Waals surface area contributed by atoms with Gasteiger partial charge in [-0.3, -0.25) is 0 Å². The number of amides is 2. The number of benzene rings is 2. The zero-order chi connectivity index (χ0) is 20.2. The Kier molecular flexibility index (Phi) is 10.1. The minimum Gasteiger partial charge on any atom is -0.523 e. The molecule has 0 aromatic heterocycles. The van der Waals surface area contributed by atoms with Crippen molar-refractivity contribution in [2.75, 3.05) is 19.0 Å². The predicted octanol–water partition coefficient (Wildman–Crippen LogP) is 5.09. The molecule has 0 spiro atoms. The van der Waals surface area contributed by atoms with Gasteiger partial charge in [-0.25, -0.2) is 4.79 Å². The Balaban J connectivity index is 0.00000171. The number of urea groups is 1. The van der Waals surface area contributed by atoms with E-state index in [1.807, 2.05) is 35.2 Å². The molecule has 5 nitrogen and oxygen atoms in total. The molecule has 2 aromatic rings. The molecule has 1 atom stereocenters. The van der Waals surface area contributed by atoms with Crippen molar-refractivity contribution >= 4 is 23.3 Å². The molecule has 2 aliphatic rings. The van der Waals surface area contributed by atoms with Gasteiger partial charge in [-0.1, -0.05) is 30.5 Å². The molecule has 7 heteroatoms. The second-order valence-electron chi connectivity index (χ2n) is 7.88. The van der Waals surface area contributed by atoms with Crippen LogP contribution < -0.4 is 15.4 Å². The molecule has 0 bridgehead atoms. The van der Waals surface area contributed by atoms with Gasteiger partial charge in [0.25, 0.3) is 0 Å². The third-order valence-corrected chi connectivity index (χ3v) is 6.15. The standard InChI is InChI=1S/C23H27ClN3O2.CH3.U/c1-29-20-8-4-5-16(12-20)11-19-14-25-23(28)27(19)15-17-9-10-21(24)22(13-17)26-18-6-2-3-7-18;;/h4-5,9-10,12-13,18-19,26H,2-3,6-7,11,14-15H2,1H3,(H,25,28);1H3;/q2*-1;+2. The van der Waals surface area contributed by atoms with Crippen LogP contribution in [0.1, 0.15) is 36.8 Å².